The second-order valence-corrected chi connectivity index (χ2v) is 6.57. The Balaban J connectivity index is 1.97. The van der Waals surface area contributed by atoms with Crippen LogP contribution in [0.15, 0.2) is 24.3 Å². The third kappa shape index (κ3) is 3.81. The zero-order chi connectivity index (χ0) is 14.7. The molecule has 0 saturated carbocycles. The Morgan fingerprint density at radius 2 is 1.80 bits per heavy atom. The number of piperazine rings is 1. The molecule has 1 aliphatic heterocycles. The number of hydrogen-bond donors (Lipinski definition) is 1. The molecule has 1 saturated heterocycles. The Bertz CT molecular complexity index is 413. The first-order valence-electron chi connectivity index (χ1n) is 7.70. The minimum atomic E-state index is 0.202. The van der Waals surface area contributed by atoms with E-state index >= 15 is 0 Å². The Hall–Kier alpha value is -0.900. The molecule has 3 heteroatoms. The van der Waals surface area contributed by atoms with Gasteiger partial charge in [0.1, 0.15) is 0 Å². The van der Waals surface area contributed by atoms with Crippen molar-refractivity contribution in [2.24, 2.45) is 5.73 Å². The number of hydrogen-bond acceptors (Lipinski definition) is 3. The van der Waals surface area contributed by atoms with Gasteiger partial charge in [0, 0.05) is 31.7 Å². The molecular formula is C17H29N3. The summed E-state index contributed by atoms with van der Waals surface area (Å²) in [5.41, 5.74) is 9.21. The zero-order valence-corrected chi connectivity index (χ0v) is 13.3. The van der Waals surface area contributed by atoms with Crippen LogP contribution in [-0.2, 0) is 6.42 Å². The summed E-state index contributed by atoms with van der Waals surface area (Å²) in [5.74, 6) is 0.593. The van der Waals surface area contributed by atoms with Crippen molar-refractivity contribution < 1.29 is 0 Å². The fraction of sp³-hybridized carbons (Fsp3) is 0.647. The monoisotopic (exact) mass is 275 g/mol. The molecule has 0 spiro atoms. The lowest BCUT2D eigenvalue weighted by Gasteiger charge is -2.40. The van der Waals surface area contributed by atoms with Gasteiger partial charge < -0.3 is 10.6 Å². The SMILES string of the molecule is CC(C)c1ccc(CC(N)C2CN(C)CCN2C)cc1. The molecule has 0 amide bonds. The van der Waals surface area contributed by atoms with Crippen molar-refractivity contribution in [1.29, 1.82) is 0 Å². The van der Waals surface area contributed by atoms with Gasteiger partial charge in [0.25, 0.3) is 0 Å². The van der Waals surface area contributed by atoms with Gasteiger partial charge in [0.15, 0.2) is 0 Å². The van der Waals surface area contributed by atoms with Crippen LogP contribution in [0, 0.1) is 0 Å². The van der Waals surface area contributed by atoms with E-state index in [9.17, 15) is 0 Å². The molecule has 1 heterocycles. The highest BCUT2D eigenvalue weighted by atomic mass is 15.3. The molecule has 0 bridgehead atoms. The highest BCUT2D eigenvalue weighted by Gasteiger charge is 2.27. The van der Waals surface area contributed by atoms with Gasteiger partial charge in [0.2, 0.25) is 0 Å². The van der Waals surface area contributed by atoms with Gasteiger partial charge in [-0.3, -0.25) is 4.90 Å². The van der Waals surface area contributed by atoms with Crippen LogP contribution in [0.1, 0.15) is 30.9 Å². The average Bonchev–Trinajstić information content (AvgIpc) is 2.42. The van der Waals surface area contributed by atoms with Crippen molar-refractivity contribution >= 4 is 0 Å². The van der Waals surface area contributed by atoms with E-state index in [1.807, 2.05) is 0 Å². The molecule has 1 aliphatic rings. The van der Waals surface area contributed by atoms with Crippen LogP contribution in [0.4, 0.5) is 0 Å². The topological polar surface area (TPSA) is 32.5 Å². The largest absolute Gasteiger partial charge is 0.326 e. The van der Waals surface area contributed by atoms with Crippen molar-refractivity contribution in [3.05, 3.63) is 35.4 Å². The van der Waals surface area contributed by atoms with Crippen LogP contribution in [0.3, 0.4) is 0 Å². The molecular weight excluding hydrogens is 246 g/mol. The summed E-state index contributed by atoms with van der Waals surface area (Å²) in [6, 6.07) is 9.61. The Morgan fingerprint density at radius 3 is 2.40 bits per heavy atom. The van der Waals surface area contributed by atoms with Gasteiger partial charge in [-0.05, 0) is 37.6 Å². The summed E-state index contributed by atoms with van der Waals surface area (Å²) in [4.78, 5) is 4.79. The highest BCUT2D eigenvalue weighted by Crippen LogP contribution is 2.17. The molecule has 20 heavy (non-hydrogen) atoms. The van der Waals surface area contributed by atoms with Gasteiger partial charge in [-0.1, -0.05) is 38.1 Å². The second-order valence-electron chi connectivity index (χ2n) is 6.57. The maximum atomic E-state index is 6.46. The van der Waals surface area contributed by atoms with Crippen molar-refractivity contribution in [3.63, 3.8) is 0 Å². The summed E-state index contributed by atoms with van der Waals surface area (Å²) >= 11 is 0. The lowest BCUT2D eigenvalue weighted by atomic mass is 9.95. The van der Waals surface area contributed by atoms with Gasteiger partial charge in [-0.2, -0.15) is 0 Å². The van der Waals surface area contributed by atoms with E-state index in [2.05, 4.69) is 62.0 Å². The van der Waals surface area contributed by atoms with Crippen LogP contribution in [0.5, 0.6) is 0 Å². The summed E-state index contributed by atoms with van der Waals surface area (Å²) < 4.78 is 0. The molecule has 2 atom stereocenters. The molecule has 0 radical (unpaired) electrons. The van der Waals surface area contributed by atoms with Crippen molar-refractivity contribution in [2.75, 3.05) is 33.7 Å². The number of nitrogens with two attached hydrogens (primary N) is 1. The normalized spacial score (nSPS) is 23.2. The average molecular weight is 275 g/mol. The molecule has 1 aromatic carbocycles. The maximum Gasteiger partial charge on any atom is 0.0375 e. The van der Waals surface area contributed by atoms with Crippen LogP contribution in [-0.4, -0.2) is 55.6 Å². The molecule has 2 N–H and O–H groups in total. The van der Waals surface area contributed by atoms with Crippen LogP contribution in [0.2, 0.25) is 0 Å². The van der Waals surface area contributed by atoms with Gasteiger partial charge in [-0.15, -0.1) is 0 Å². The number of benzene rings is 1. The second kappa shape index (κ2) is 6.70. The first kappa shape index (κ1) is 15.5. The molecule has 2 rings (SSSR count). The Kier molecular flexibility index (Phi) is 5.19. The fourth-order valence-corrected chi connectivity index (χ4v) is 2.95. The van der Waals surface area contributed by atoms with Crippen molar-refractivity contribution in [1.82, 2.24) is 9.80 Å². The molecule has 112 valence electrons. The van der Waals surface area contributed by atoms with Gasteiger partial charge >= 0.3 is 0 Å². The lowest BCUT2D eigenvalue weighted by Crippen LogP contribution is -2.58. The first-order chi connectivity index (χ1) is 9.47. The molecule has 2 unspecified atom stereocenters. The Labute approximate surface area is 123 Å². The fourth-order valence-electron chi connectivity index (χ4n) is 2.95. The van der Waals surface area contributed by atoms with Crippen molar-refractivity contribution in [2.45, 2.75) is 38.3 Å². The first-order valence-corrected chi connectivity index (χ1v) is 7.70. The molecule has 0 aliphatic carbocycles. The lowest BCUT2D eigenvalue weighted by molar-refractivity contribution is 0.0973. The van der Waals surface area contributed by atoms with E-state index in [1.165, 1.54) is 11.1 Å². The number of nitrogens with zero attached hydrogens (tertiary/aromatic N) is 2. The van der Waals surface area contributed by atoms with E-state index in [-0.39, 0.29) is 6.04 Å². The summed E-state index contributed by atoms with van der Waals surface area (Å²) in [5, 5.41) is 0. The number of rotatable bonds is 4. The summed E-state index contributed by atoms with van der Waals surface area (Å²) in [7, 11) is 4.38. The third-order valence-corrected chi connectivity index (χ3v) is 4.51. The summed E-state index contributed by atoms with van der Waals surface area (Å²) in [6.07, 6.45) is 0.960. The predicted molar refractivity (Wildman–Crippen MR) is 86.1 cm³/mol. The van der Waals surface area contributed by atoms with Crippen LogP contribution < -0.4 is 5.73 Å². The van der Waals surface area contributed by atoms with Crippen molar-refractivity contribution in [3.8, 4) is 0 Å². The number of likely N-dealkylation sites (N-methyl/N-ethyl adjacent to an activating group) is 2. The van der Waals surface area contributed by atoms with E-state index in [0.29, 0.717) is 12.0 Å². The third-order valence-electron chi connectivity index (χ3n) is 4.51. The Morgan fingerprint density at radius 1 is 1.15 bits per heavy atom. The van der Waals surface area contributed by atoms with Crippen LogP contribution >= 0.6 is 0 Å². The smallest absolute Gasteiger partial charge is 0.0375 e. The minimum absolute atomic E-state index is 0.202. The highest BCUT2D eigenvalue weighted by molar-refractivity contribution is 5.25. The molecule has 1 aromatic rings. The van der Waals surface area contributed by atoms with E-state index in [0.717, 1.165) is 26.1 Å². The maximum absolute atomic E-state index is 6.46. The quantitative estimate of drug-likeness (QED) is 0.911. The van der Waals surface area contributed by atoms with Crippen LogP contribution in [0.25, 0.3) is 0 Å². The molecule has 1 fully saturated rings. The predicted octanol–water partition coefficient (Wildman–Crippen LogP) is 1.93. The minimum Gasteiger partial charge on any atom is -0.326 e. The molecule has 0 aromatic heterocycles. The summed E-state index contributed by atoms with van der Waals surface area (Å²) in [6.45, 7) is 7.78. The van der Waals surface area contributed by atoms with Gasteiger partial charge in [-0.25, -0.2) is 0 Å². The van der Waals surface area contributed by atoms with E-state index < -0.39 is 0 Å². The molecule has 3 nitrogen and oxygen atoms in total. The van der Waals surface area contributed by atoms with E-state index in [1.54, 1.807) is 0 Å². The van der Waals surface area contributed by atoms with E-state index in [4.69, 9.17) is 5.73 Å². The van der Waals surface area contributed by atoms with Gasteiger partial charge in [0.05, 0.1) is 0 Å². The zero-order valence-electron chi connectivity index (χ0n) is 13.3. The standard InChI is InChI=1S/C17H29N3/c1-13(2)15-7-5-14(6-8-15)11-16(18)17-12-19(3)9-10-20(17)4/h5-8,13,16-17H,9-12,18H2,1-4H3.